The topological polar surface area (TPSA) is 149 Å². The monoisotopic (exact) mass is 656 g/mol. The normalized spacial score (nSPS) is 23.3. The standard InChI is InChI=1S/C37H69NO8/c1-3-5-7-9-11-13-15-16-17-19-21-23-25-27-33(41)38-30(29-45-37-36(44)35(43)34(42)32(28-39)46-37)31(40)26-24-22-20-18-14-12-10-8-6-4-2/h7,9,13,15,30-32,34-37,39-40,42-44H,3-6,8,10-12,14,16-29H2,1-2H3,(H,38,41)/b9-7-,15-13-. The van der Waals surface area contributed by atoms with Crippen LogP contribution in [0.25, 0.3) is 0 Å². The maximum atomic E-state index is 12.8. The highest BCUT2D eigenvalue weighted by molar-refractivity contribution is 5.76. The molecule has 0 spiro atoms. The molecule has 7 atom stereocenters. The minimum absolute atomic E-state index is 0.144. The van der Waals surface area contributed by atoms with Crippen LogP contribution in [0.5, 0.6) is 0 Å². The second kappa shape index (κ2) is 28.7. The van der Waals surface area contributed by atoms with Gasteiger partial charge in [0.1, 0.15) is 24.4 Å². The van der Waals surface area contributed by atoms with Gasteiger partial charge in [-0.2, -0.15) is 0 Å². The first-order valence-corrected chi connectivity index (χ1v) is 18.5. The molecule has 0 aliphatic carbocycles. The molecule has 46 heavy (non-hydrogen) atoms. The molecule has 0 bridgehead atoms. The Morgan fingerprint density at radius 1 is 0.739 bits per heavy atom. The molecule has 1 heterocycles. The number of carbonyl (C=O) groups is 1. The van der Waals surface area contributed by atoms with E-state index in [9.17, 15) is 30.3 Å². The van der Waals surface area contributed by atoms with E-state index in [0.717, 1.165) is 70.6 Å². The number of hydrogen-bond donors (Lipinski definition) is 6. The van der Waals surface area contributed by atoms with Crippen LogP contribution in [0.4, 0.5) is 0 Å². The van der Waals surface area contributed by atoms with Gasteiger partial charge in [-0.15, -0.1) is 0 Å². The fourth-order valence-corrected chi connectivity index (χ4v) is 5.73. The summed E-state index contributed by atoms with van der Waals surface area (Å²) in [6, 6.07) is -0.720. The van der Waals surface area contributed by atoms with Crippen molar-refractivity contribution in [2.45, 2.75) is 192 Å². The predicted octanol–water partition coefficient (Wildman–Crippen LogP) is 5.99. The molecule has 7 unspecified atom stereocenters. The van der Waals surface area contributed by atoms with Gasteiger partial charge in [0.25, 0.3) is 0 Å². The van der Waals surface area contributed by atoms with Crippen molar-refractivity contribution >= 4 is 5.91 Å². The summed E-state index contributed by atoms with van der Waals surface area (Å²) in [5.74, 6) is -0.163. The molecule has 1 fully saturated rings. The van der Waals surface area contributed by atoms with E-state index < -0.39 is 49.5 Å². The molecule has 0 aromatic carbocycles. The van der Waals surface area contributed by atoms with Crippen LogP contribution >= 0.6 is 0 Å². The van der Waals surface area contributed by atoms with Crippen LogP contribution < -0.4 is 5.32 Å². The Bertz CT molecular complexity index is 776. The lowest BCUT2D eigenvalue weighted by Gasteiger charge is -2.40. The number of hydrogen-bond acceptors (Lipinski definition) is 8. The van der Waals surface area contributed by atoms with Gasteiger partial charge in [-0.1, -0.05) is 128 Å². The lowest BCUT2D eigenvalue weighted by Crippen LogP contribution is -2.60. The van der Waals surface area contributed by atoms with Gasteiger partial charge in [0.15, 0.2) is 6.29 Å². The molecule has 0 saturated carbocycles. The number of ether oxygens (including phenoxy) is 2. The van der Waals surface area contributed by atoms with Crippen molar-refractivity contribution in [1.29, 1.82) is 0 Å². The molecule has 1 aliphatic heterocycles. The summed E-state index contributed by atoms with van der Waals surface area (Å²) in [6.45, 7) is 3.71. The molecular weight excluding hydrogens is 586 g/mol. The highest BCUT2D eigenvalue weighted by atomic mass is 16.7. The number of allylic oxidation sites excluding steroid dienone is 4. The molecule has 1 amide bonds. The molecule has 0 aromatic rings. The third-order valence-corrected chi connectivity index (χ3v) is 8.79. The number of carbonyl (C=O) groups excluding carboxylic acids is 1. The molecule has 1 rings (SSSR count). The van der Waals surface area contributed by atoms with Gasteiger partial charge in [0.05, 0.1) is 25.4 Å². The lowest BCUT2D eigenvalue weighted by molar-refractivity contribution is -0.302. The molecule has 1 saturated heterocycles. The number of amides is 1. The molecule has 1 aliphatic rings. The molecular formula is C37H69NO8. The first-order chi connectivity index (χ1) is 22.3. The van der Waals surface area contributed by atoms with Crippen LogP contribution in [0, 0.1) is 0 Å². The zero-order chi connectivity index (χ0) is 33.8. The van der Waals surface area contributed by atoms with E-state index in [1.165, 1.54) is 51.4 Å². The smallest absolute Gasteiger partial charge is 0.220 e. The lowest BCUT2D eigenvalue weighted by atomic mass is 9.99. The fourth-order valence-electron chi connectivity index (χ4n) is 5.73. The number of aliphatic hydroxyl groups excluding tert-OH is 5. The highest BCUT2D eigenvalue weighted by Crippen LogP contribution is 2.23. The summed E-state index contributed by atoms with van der Waals surface area (Å²) in [4.78, 5) is 12.8. The number of unbranched alkanes of at least 4 members (excludes halogenated alkanes) is 15. The van der Waals surface area contributed by atoms with E-state index >= 15 is 0 Å². The van der Waals surface area contributed by atoms with Crippen molar-refractivity contribution in [1.82, 2.24) is 5.32 Å². The summed E-state index contributed by atoms with van der Waals surface area (Å²) < 4.78 is 11.2. The van der Waals surface area contributed by atoms with E-state index in [1.807, 2.05) is 0 Å². The van der Waals surface area contributed by atoms with E-state index in [4.69, 9.17) is 9.47 Å². The SMILES string of the molecule is CCC/C=C\C/C=C\CCCCCCCC(=O)NC(COC1OC(CO)C(O)C(O)C1O)C(O)CCCCCCCCCCCC. The summed E-state index contributed by atoms with van der Waals surface area (Å²) >= 11 is 0. The van der Waals surface area contributed by atoms with Crippen LogP contribution in [-0.4, -0.2) is 87.5 Å². The fraction of sp³-hybridized carbons (Fsp3) is 0.865. The Labute approximate surface area is 279 Å². The van der Waals surface area contributed by atoms with Gasteiger partial charge < -0.3 is 40.3 Å². The minimum atomic E-state index is -1.55. The maximum Gasteiger partial charge on any atom is 0.220 e. The molecule has 0 aromatic heterocycles. The van der Waals surface area contributed by atoms with Gasteiger partial charge >= 0.3 is 0 Å². The van der Waals surface area contributed by atoms with Gasteiger partial charge in [-0.05, 0) is 38.5 Å². The second-order valence-corrected chi connectivity index (χ2v) is 13.0. The summed E-state index contributed by atoms with van der Waals surface area (Å²) in [7, 11) is 0. The molecule has 270 valence electrons. The zero-order valence-electron chi connectivity index (χ0n) is 29.1. The first-order valence-electron chi connectivity index (χ1n) is 18.5. The summed E-state index contributed by atoms with van der Waals surface area (Å²) in [6.07, 6.45) is 23.3. The predicted molar refractivity (Wildman–Crippen MR) is 184 cm³/mol. The van der Waals surface area contributed by atoms with Crippen molar-refractivity contribution in [3.05, 3.63) is 24.3 Å². The highest BCUT2D eigenvalue weighted by Gasteiger charge is 2.44. The molecule has 9 heteroatoms. The number of rotatable bonds is 29. The van der Waals surface area contributed by atoms with Crippen molar-refractivity contribution in [2.24, 2.45) is 0 Å². The number of nitrogens with one attached hydrogen (secondary N) is 1. The quantitative estimate of drug-likeness (QED) is 0.0425. The van der Waals surface area contributed by atoms with E-state index in [2.05, 4.69) is 43.5 Å². The Balaban J connectivity index is 2.45. The van der Waals surface area contributed by atoms with Crippen LogP contribution in [0.3, 0.4) is 0 Å². The Morgan fingerprint density at radius 2 is 1.33 bits per heavy atom. The van der Waals surface area contributed by atoms with Crippen LogP contribution in [0.2, 0.25) is 0 Å². The molecule has 0 radical (unpaired) electrons. The van der Waals surface area contributed by atoms with Crippen LogP contribution in [0.1, 0.15) is 149 Å². The second-order valence-electron chi connectivity index (χ2n) is 13.0. The zero-order valence-corrected chi connectivity index (χ0v) is 29.1. The van der Waals surface area contributed by atoms with E-state index in [0.29, 0.717) is 12.8 Å². The van der Waals surface area contributed by atoms with Crippen LogP contribution in [0.15, 0.2) is 24.3 Å². The number of aliphatic hydroxyl groups is 5. The Kier molecular flexibility index (Phi) is 26.6. The van der Waals surface area contributed by atoms with E-state index in [-0.39, 0.29) is 12.5 Å². The molecule has 9 nitrogen and oxygen atoms in total. The molecule has 6 N–H and O–H groups in total. The van der Waals surface area contributed by atoms with Crippen LogP contribution in [-0.2, 0) is 14.3 Å². The summed E-state index contributed by atoms with van der Waals surface area (Å²) in [5.41, 5.74) is 0. The van der Waals surface area contributed by atoms with Crippen molar-refractivity contribution < 1.29 is 39.8 Å². The third kappa shape index (κ3) is 20.1. The first kappa shape index (κ1) is 42.7. The average Bonchev–Trinajstić information content (AvgIpc) is 3.05. The Morgan fingerprint density at radius 3 is 1.96 bits per heavy atom. The van der Waals surface area contributed by atoms with Gasteiger partial charge in [-0.3, -0.25) is 4.79 Å². The Hall–Kier alpha value is -1.33. The third-order valence-electron chi connectivity index (χ3n) is 8.79. The van der Waals surface area contributed by atoms with E-state index in [1.54, 1.807) is 0 Å². The van der Waals surface area contributed by atoms with Crippen molar-refractivity contribution in [3.8, 4) is 0 Å². The van der Waals surface area contributed by atoms with Gasteiger partial charge in [0, 0.05) is 6.42 Å². The van der Waals surface area contributed by atoms with Crippen molar-refractivity contribution in [2.75, 3.05) is 13.2 Å². The summed E-state index contributed by atoms with van der Waals surface area (Å²) in [5, 5.41) is 53.9. The minimum Gasteiger partial charge on any atom is -0.394 e. The van der Waals surface area contributed by atoms with Gasteiger partial charge in [0.2, 0.25) is 5.91 Å². The van der Waals surface area contributed by atoms with Gasteiger partial charge in [-0.25, -0.2) is 0 Å². The maximum absolute atomic E-state index is 12.8. The largest absolute Gasteiger partial charge is 0.394 e. The van der Waals surface area contributed by atoms with Crippen molar-refractivity contribution in [3.63, 3.8) is 0 Å². The average molecular weight is 656 g/mol.